The molecule has 1 aromatic carbocycles. The highest BCUT2D eigenvalue weighted by molar-refractivity contribution is 7.10. The van der Waals surface area contributed by atoms with Gasteiger partial charge in [-0.2, -0.15) is 0 Å². The minimum atomic E-state index is 0.0137. The Labute approximate surface area is 234 Å². The van der Waals surface area contributed by atoms with Gasteiger partial charge in [-0.05, 0) is 76.2 Å². The molecule has 1 aliphatic carbocycles. The minimum Gasteiger partial charge on any atom is -0.353 e. The minimum absolute atomic E-state index is 0.0137. The molecule has 2 fully saturated rings. The van der Waals surface area contributed by atoms with E-state index in [1.165, 1.54) is 4.88 Å². The Bertz CT molecular complexity index is 1030. The summed E-state index contributed by atoms with van der Waals surface area (Å²) < 4.78 is 0. The van der Waals surface area contributed by atoms with Gasteiger partial charge in [0.2, 0.25) is 11.8 Å². The van der Waals surface area contributed by atoms with E-state index in [0.717, 1.165) is 50.8 Å². The summed E-state index contributed by atoms with van der Waals surface area (Å²) >= 11 is 14.4. The van der Waals surface area contributed by atoms with Crippen molar-refractivity contribution in [2.45, 2.75) is 75.5 Å². The monoisotopic (exact) mass is 564 g/mol. The zero-order valence-corrected chi connectivity index (χ0v) is 24.1. The Hall–Kier alpha value is -1.64. The smallest absolute Gasteiger partial charge is 0.220 e. The molecule has 2 aromatic rings. The maximum Gasteiger partial charge on any atom is 0.220 e. The van der Waals surface area contributed by atoms with Gasteiger partial charge in [-0.1, -0.05) is 35.3 Å². The van der Waals surface area contributed by atoms with Crippen LogP contribution in [0.25, 0.3) is 0 Å². The van der Waals surface area contributed by atoms with Crippen molar-refractivity contribution in [1.82, 2.24) is 20.4 Å². The second-order valence-electron chi connectivity index (χ2n) is 10.6. The van der Waals surface area contributed by atoms with E-state index in [9.17, 15) is 9.59 Å². The summed E-state index contributed by atoms with van der Waals surface area (Å²) in [6.07, 6.45) is 6.23. The fraction of sp³-hybridized carbons (Fsp3) is 0.571. The van der Waals surface area contributed by atoms with E-state index < -0.39 is 0 Å². The fourth-order valence-electron chi connectivity index (χ4n) is 5.71. The molecular weight excluding hydrogens is 527 g/mol. The van der Waals surface area contributed by atoms with Crippen LogP contribution < -0.4 is 10.6 Å². The highest BCUT2D eigenvalue weighted by Gasteiger charge is 2.39. The summed E-state index contributed by atoms with van der Waals surface area (Å²) in [4.78, 5) is 31.0. The van der Waals surface area contributed by atoms with Gasteiger partial charge in [0.1, 0.15) is 0 Å². The van der Waals surface area contributed by atoms with E-state index in [-0.39, 0.29) is 29.4 Å². The molecule has 9 heteroatoms. The van der Waals surface area contributed by atoms with Gasteiger partial charge >= 0.3 is 0 Å². The summed E-state index contributed by atoms with van der Waals surface area (Å²) in [6.45, 7) is 2.34. The second kappa shape index (κ2) is 12.9. The number of carbonyl (C=O) groups excluding carboxylic acids is 2. The average molecular weight is 566 g/mol. The molecule has 6 nitrogen and oxygen atoms in total. The number of hydrogen-bond acceptors (Lipinski definition) is 5. The molecule has 4 rings (SSSR count). The van der Waals surface area contributed by atoms with E-state index in [1.807, 2.05) is 29.5 Å². The lowest BCUT2D eigenvalue weighted by atomic mass is 9.77. The lowest BCUT2D eigenvalue weighted by Crippen LogP contribution is -2.48. The number of nitrogens with one attached hydrogen (secondary N) is 2. The average Bonchev–Trinajstić information content (AvgIpc) is 3.55. The molecule has 1 aromatic heterocycles. The molecule has 1 atom stereocenters. The standard InChI is InChI=1S/C28H38Cl2N4O2S/c1-33(2)28(25-8-5-17-37-25)14-11-20(12-15-28)31-26(35)9-4-10-27(36)32-21-13-16-34(18-21)19-22-23(29)6-3-7-24(22)30/h3,5-8,17,20-21H,4,9-16,18-19H2,1-2H3,(H,31,35)(H,32,36). The van der Waals surface area contributed by atoms with Crippen LogP contribution in [-0.2, 0) is 21.7 Å². The first-order valence-corrected chi connectivity index (χ1v) is 14.9. The predicted octanol–water partition coefficient (Wildman–Crippen LogP) is 5.43. The van der Waals surface area contributed by atoms with Crippen molar-refractivity contribution in [2.75, 3.05) is 27.2 Å². The quantitative estimate of drug-likeness (QED) is 0.403. The van der Waals surface area contributed by atoms with Crippen molar-refractivity contribution in [3.8, 4) is 0 Å². The fourth-order valence-corrected chi connectivity index (χ4v) is 7.29. The van der Waals surface area contributed by atoms with Crippen LogP contribution in [-0.4, -0.2) is 60.9 Å². The molecule has 0 bridgehead atoms. The first-order valence-electron chi connectivity index (χ1n) is 13.2. The molecule has 0 spiro atoms. The van der Waals surface area contributed by atoms with Gasteiger partial charge in [0.05, 0.1) is 5.54 Å². The van der Waals surface area contributed by atoms with Crippen molar-refractivity contribution in [1.29, 1.82) is 0 Å². The van der Waals surface area contributed by atoms with E-state index >= 15 is 0 Å². The lowest BCUT2D eigenvalue weighted by molar-refractivity contribution is -0.123. The Kier molecular flexibility index (Phi) is 9.92. The number of nitrogens with zero attached hydrogens (tertiary/aromatic N) is 2. The SMILES string of the molecule is CN(C)C1(c2cccs2)CCC(NC(=O)CCCC(=O)NC2CCN(Cc3c(Cl)cccc3Cl)C2)CC1. The van der Waals surface area contributed by atoms with Gasteiger partial charge in [-0.3, -0.25) is 19.4 Å². The molecule has 1 unspecified atom stereocenters. The Morgan fingerprint density at radius 2 is 1.65 bits per heavy atom. The topological polar surface area (TPSA) is 64.7 Å². The number of carbonyl (C=O) groups is 2. The van der Waals surface area contributed by atoms with E-state index in [1.54, 1.807) is 0 Å². The van der Waals surface area contributed by atoms with Crippen LogP contribution in [0.3, 0.4) is 0 Å². The molecule has 1 saturated heterocycles. The number of benzene rings is 1. The van der Waals surface area contributed by atoms with E-state index in [2.05, 4.69) is 52.0 Å². The van der Waals surface area contributed by atoms with Gasteiger partial charge in [-0.25, -0.2) is 0 Å². The Morgan fingerprint density at radius 1 is 1.00 bits per heavy atom. The summed E-state index contributed by atoms with van der Waals surface area (Å²) in [5.74, 6) is 0.0646. The highest BCUT2D eigenvalue weighted by Crippen LogP contribution is 2.43. The predicted molar refractivity (Wildman–Crippen MR) is 152 cm³/mol. The molecular formula is C28H38Cl2N4O2S. The molecule has 2 aliphatic rings. The van der Waals surface area contributed by atoms with Crippen LogP contribution in [0, 0.1) is 0 Å². The van der Waals surface area contributed by atoms with E-state index in [4.69, 9.17) is 23.2 Å². The number of amides is 2. The van der Waals surface area contributed by atoms with Crippen molar-refractivity contribution in [3.05, 3.63) is 56.2 Å². The summed E-state index contributed by atoms with van der Waals surface area (Å²) in [5.41, 5.74) is 1.00. The number of thiophene rings is 1. The van der Waals surface area contributed by atoms with Gasteiger partial charge in [0.15, 0.2) is 0 Å². The number of halogens is 2. The molecule has 1 saturated carbocycles. The van der Waals surface area contributed by atoms with Gasteiger partial charge in [0, 0.05) is 65.0 Å². The maximum atomic E-state index is 12.6. The van der Waals surface area contributed by atoms with Crippen LogP contribution in [0.1, 0.15) is 61.8 Å². The maximum absolute atomic E-state index is 12.6. The lowest BCUT2D eigenvalue weighted by Gasteiger charge is -2.44. The summed E-state index contributed by atoms with van der Waals surface area (Å²) in [5, 5.41) is 9.83. The third-order valence-corrected chi connectivity index (χ3v) is 9.67. The van der Waals surface area contributed by atoms with Gasteiger partial charge < -0.3 is 10.6 Å². The normalized spacial score (nSPS) is 24.4. The van der Waals surface area contributed by atoms with Crippen LogP contribution in [0.5, 0.6) is 0 Å². The number of rotatable bonds is 10. The van der Waals surface area contributed by atoms with Crippen molar-refractivity contribution >= 4 is 46.4 Å². The van der Waals surface area contributed by atoms with Crippen LogP contribution in [0.4, 0.5) is 0 Å². The molecule has 2 heterocycles. The van der Waals surface area contributed by atoms with Crippen molar-refractivity contribution < 1.29 is 9.59 Å². The second-order valence-corrected chi connectivity index (χ2v) is 12.3. The zero-order chi connectivity index (χ0) is 26.4. The summed E-state index contributed by atoms with van der Waals surface area (Å²) in [6, 6.07) is 10.2. The van der Waals surface area contributed by atoms with Gasteiger partial charge in [0.25, 0.3) is 0 Å². The van der Waals surface area contributed by atoms with Gasteiger partial charge in [-0.15, -0.1) is 11.3 Å². The van der Waals surface area contributed by atoms with Crippen molar-refractivity contribution in [2.24, 2.45) is 0 Å². The van der Waals surface area contributed by atoms with E-state index in [0.29, 0.717) is 35.9 Å². The first kappa shape index (κ1) is 28.4. The zero-order valence-electron chi connectivity index (χ0n) is 21.8. The third-order valence-electron chi connectivity index (χ3n) is 7.90. The Morgan fingerprint density at radius 3 is 2.24 bits per heavy atom. The number of likely N-dealkylation sites (tertiary alicyclic amines) is 1. The highest BCUT2D eigenvalue weighted by atomic mass is 35.5. The largest absolute Gasteiger partial charge is 0.353 e. The molecule has 2 amide bonds. The molecule has 202 valence electrons. The van der Waals surface area contributed by atoms with Crippen LogP contribution in [0.2, 0.25) is 10.0 Å². The Balaban J connectivity index is 1.13. The first-order chi connectivity index (χ1) is 17.8. The third kappa shape index (κ3) is 7.27. The molecule has 37 heavy (non-hydrogen) atoms. The number of hydrogen-bond donors (Lipinski definition) is 2. The molecule has 1 aliphatic heterocycles. The van der Waals surface area contributed by atoms with Crippen LogP contribution in [0.15, 0.2) is 35.7 Å². The summed E-state index contributed by atoms with van der Waals surface area (Å²) in [7, 11) is 4.31. The molecule has 2 N–H and O–H groups in total. The van der Waals surface area contributed by atoms with Crippen LogP contribution >= 0.6 is 34.5 Å². The molecule has 0 radical (unpaired) electrons. The van der Waals surface area contributed by atoms with Crippen molar-refractivity contribution in [3.63, 3.8) is 0 Å².